The van der Waals surface area contributed by atoms with Crippen LogP contribution in [0.1, 0.15) is 10.7 Å². The molecule has 2 aromatic carbocycles. The molecule has 1 heterocycles. The normalized spacial score (nSPS) is 10.4. The lowest BCUT2D eigenvalue weighted by atomic mass is 10.1. The number of aromatic nitrogens is 1. The molecule has 0 radical (unpaired) electrons. The number of methoxy groups -OCH3 is 1. The van der Waals surface area contributed by atoms with Crippen molar-refractivity contribution in [2.24, 2.45) is 0 Å². The average molecular weight is 339 g/mol. The van der Waals surface area contributed by atoms with E-state index >= 15 is 0 Å². The first kappa shape index (κ1) is 16.2. The standard InChI is InChI=1S/C19H17NO3S/c1-22-19(21)11-16-13-24-18(20-16)12-23-17-9-7-15(8-10-17)14-5-3-2-4-6-14/h2-10,13H,11-12H2,1H3. The highest BCUT2D eigenvalue weighted by Gasteiger charge is 2.08. The maximum absolute atomic E-state index is 11.2. The van der Waals surface area contributed by atoms with Gasteiger partial charge in [-0.25, -0.2) is 4.98 Å². The van der Waals surface area contributed by atoms with Gasteiger partial charge in [-0.3, -0.25) is 4.79 Å². The minimum atomic E-state index is -0.288. The molecule has 4 nitrogen and oxygen atoms in total. The second-order valence-corrected chi connectivity index (χ2v) is 6.11. The van der Waals surface area contributed by atoms with E-state index in [2.05, 4.69) is 21.9 Å². The Kier molecular flexibility index (Phi) is 5.23. The van der Waals surface area contributed by atoms with Crippen molar-refractivity contribution in [3.05, 3.63) is 70.7 Å². The fourth-order valence-corrected chi connectivity index (χ4v) is 2.94. The third-order valence-corrected chi connectivity index (χ3v) is 4.35. The van der Waals surface area contributed by atoms with Gasteiger partial charge in [-0.1, -0.05) is 42.5 Å². The smallest absolute Gasteiger partial charge is 0.311 e. The maximum Gasteiger partial charge on any atom is 0.311 e. The van der Waals surface area contributed by atoms with Gasteiger partial charge in [0.05, 0.1) is 19.2 Å². The molecule has 0 fully saturated rings. The molecule has 0 N–H and O–H groups in total. The summed E-state index contributed by atoms with van der Waals surface area (Å²) in [6.07, 6.45) is 0.193. The van der Waals surface area contributed by atoms with Crippen molar-refractivity contribution >= 4 is 17.3 Å². The molecule has 3 aromatic rings. The summed E-state index contributed by atoms with van der Waals surface area (Å²) in [5, 5.41) is 2.69. The molecule has 0 bridgehead atoms. The van der Waals surface area contributed by atoms with Crippen molar-refractivity contribution in [2.45, 2.75) is 13.0 Å². The Labute approximate surface area is 144 Å². The first-order chi connectivity index (χ1) is 11.7. The van der Waals surface area contributed by atoms with Crippen LogP contribution in [0.25, 0.3) is 11.1 Å². The molecule has 5 heteroatoms. The van der Waals surface area contributed by atoms with Crippen LogP contribution >= 0.6 is 11.3 Å². The summed E-state index contributed by atoms with van der Waals surface area (Å²) in [5.74, 6) is 0.503. The van der Waals surface area contributed by atoms with Crippen molar-refractivity contribution in [2.75, 3.05) is 7.11 Å². The molecule has 0 atom stereocenters. The Balaban J connectivity index is 1.58. The summed E-state index contributed by atoms with van der Waals surface area (Å²) in [5.41, 5.74) is 3.04. The molecule has 0 saturated heterocycles. The van der Waals surface area contributed by atoms with Crippen molar-refractivity contribution < 1.29 is 14.3 Å². The Morgan fingerprint density at radius 2 is 1.75 bits per heavy atom. The van der Waals surface area contributed by atoms with E-state index in [1.54, 1.807) is 0 Å². The zero-order chi connectivity index (χ0) is 16.8. The van der Waals surface area contributed by atoms with Crippen molar-refractivity contribution in [1.29, 1.82) is 0 Å². The SMILES string of the molecule is COC(=O)Cc1csc(COc2ccc(-c3ccccc3)cc2)n1. The van der Waals surface area contributed by atoms with Crippen LogP contribution in [0.4, 0.5) is 0 Å². The van der Waals surface area contributed by atoms with Crippen LogP contribution in [-0.2, 0) is 22.6 Å². The lowest BCUT2D eigenvalue weighted by Gasteiger charge is -2.06. The molecule has 0 aliphatic rings. The zero-order valence-electron chi connectivity index (χ0n) is 13.3. The lowest BCUT2D eigenvalue weighted by Crippen LogP contribution is -2.05. The summed E-state index contributed by atoms with van der Waals surface area (Å²) < 4.78 is 10.4. The number of thiazole rings is 1. The first-order valence-electron chi connectivity index (χ1n) is 7.53. The number of rotatable bonds is 6. The van der Waals surface area contributed by atoms with Crippen molar-refractivity contribution in [3.8, 4) is 16.9 Å². The molecule has 0 aliphatic carbocycles. The second kappa shape index (κ2) is 7.75. The number of carbonyl (C=O) groups excluding carboxylic acids is 1. The quantitative estimate of drug-likeness (QED) is 0.634. The minimum Gasteiger partial charge on any atom is -0.486 e. The van der Waals surface area contributed by atoms with Gasteiger partial charge in [-0.05, 0) is 23.3 Å². The topological polar surface area (TPSA) is 48.4 Å². The van der Waals surface area contributed by atoms with Crippen molar-refractivity contribution in [3.63, 3.8) is 0 Å². The Morgan fingerprint density at radius 1 is 1.04 bits per heavy atom. The summed E-state index contributed by atoms with van der Waals surface area (Å²) in [7, 11) is 1.37. The van der Waals surface area contributed by atoms with E-state index in [1.807, 2.05) is 47.8 Å². The fourth-order valence-electron chi connectivity index (χ4n) is 2.24. The number of esters is 1. The van der Waals surface area contributed by atoms with Crippen LogP contribution in [-0.4, -0.2) is 18.1 Å². The van der Waals surface area contributed by atoms with Crippen LogP contribution in [0.3, 0.4) is 0 Å². The van der Waals surface area contributed by atoms with E-state index in [0.717, 1.165) is 16.3 Å². The van der Waals surface area contributed by atoms with Gasteiger partial charge in [0.1, 0.15) is 17.4 Å². The maximum atomic E-state index is 11.2. The molecular formula is C19H17NO3S. The number of ether oxygens (including phenoxy) is 2. The second-order valence-electron chi connectivity index (χ2n) is 5.16. The van der Waals surface area contributed by atoms with Gasteiger partial charge in [-0.15, -0.1) is 11.3 Å². The van der Waals surface area contributed by atoms with Gasteiger partial charge < -0.3 is 9.47 Å². The van der Waals surface area contributed by atoms with E-state index in [4.69, 9.17) is 4.74 Å². The molecule has 0 unspecified atom stereocenters. The first-order valence-corrected chi connectivity index (χ1v) is 8.41. The van der Waals surface area contributed by atoms with Gasteiger partial charge in [0, 0.05) is 5.38 Å². The lowest BCUT2D eigenvalue weighted by molar-refractivity contribution is -0.139. The summed E-state index contributed by atoms with van der Waals surface area (Å²) >= 11 is 1.48. The molecular weight excluding hydrogens is 322 g/mol. The van der Waals surface area contributed by atoms with Gasteiger partial charge in [0.2, 0.25) is 0 Å². The van der Waals surface area contributed by atoms with Gasteiger partial charge in [-0.2, -0.15) is 0 Å². The largest absolute Gasteiger partial charge is 0.486 e. The number of hydrogen-bond acceptors (Lipinski definition) is 5. The third-order valence-electron chi connectivity index (χ3n) is 3.48. The van der Waals surface area contributed by atoms with Gasteiger partial charge in [0.25, 0.3) is 0 Å². The van der Waals surface area contributed by atoms with Crippen molar-refractivity contribution in [1.82, 2.24) is 4.98 Å². The molecule has 3 rings (SSSR count). The van der Waals surface area contributed by atoms with Gasteiger partial charge in [0.15, 0.2) is 0 Å². The predicted octanol–water partition coefficient (Wildman–Crippen LogP) is 4.10. The summed E-state index contributed by atoms with van der Waals surface area (Å²) in [6.45, 7) is 0.385. The number of hydrogen-bond donors (Lipinski definition) is 0. The molecule has 0 spiro atoms. The average Bonchev–Trinajstić information content (AvgIpc) is 3.08. The van der Waals surface area contributed by atoms with E-state index in [-0.39, 0.29) is 12.4 Å². The van der Waals surface area contributed by atoms with Gasteiger partial charge >= 0.3 is 5.97 Å². The fraction of sp³-hybridized carbons (Fsp3) is 0.158. The number of nitrogens with zero attached hydrogens (tertiary/aromatic N) is 1. The molecule has 0 amide bonds. The Hall–Kier alpha value is -2.66. The third kappa shape index (κ3) is 4.20. The molecule has 24 heavy (non-hydrogen) atoms. The van der Waals surface area contributed by atoms with Crippen LogP contribution in [0.2, 0.25) is 0 Å². The predicted molar refractivity (Wildman–Crippen MR) is 94.0 cm³/mol. The monoisotopic (exact) mass is 339 g/mol. The van der Waals surface area contributed by atoms with Crippen LogP contribution in [0.5, 0.6) is 5.75 Å². The van der Waals surface area contributed by atoms with E-state index in [9.17, 15) is 4.79 Å². The van der Waals surface area contributed by atoms with Crippen LogP contribution < -0.4 is 4.74 Å². The Bertz CT molecular complexity index is 797. The van der Waals surface area contributed by atoms with E-state index < -0.39 is 0 Å². The molecule has 0 saturated carbocycles. The Morgan fingerprint density at radius 3 is 2.46 bits per heavy atom. The number of carbonyl (C=O) groups is 1. The van der Waals surface area contributed by atoms with E-state index in [0.29, 0.717) is 12.3 Å². The highest BCUT2D eigenvalue weighted by atomic mass is 32.1. The highest BCUT2D eigenvalue weighted by molar-refractivity contribution is 7.09. The minimum absolute atomic E-state index is 0.193. The van der Waals surface area contributed by atoms with E-state index in [1.165, 1.54) is 24.0 Å². The zero-order valence-corrected chi connectivity index (χ0v) is 14.1. The number of benzene rings is 2. The molecule has 1 aromatic heterocycles. The van der Waals surface area contributed by atoms with Crippen LogP contribution in [0, 0.1) is 0 Å². The molecule has 122 valence electrons. The summed E-state index contributed by atoms with van der Waals surface area (Å²) in [4.78, 5) is 15.6. The molecule has 0 aliphatic heterocycles. The highest BCUT2D eigenvalue weighted by Crippen LogP contribution is 2.23. The summed E-state index contributed by atoms with van der Waals surface area (Å²) in [6, 6.07) is 18.2. The van der Waals surface area contributed by atoms with Crippen LogP contribution in [0.15, 0.2) is 60.0 Å².